The van der Waals surface area contributed by atoms with Crippen LogP contribution < -0.4 is 0 Å². The zero-order valence-electron chi connectivity index (χ0n) is 13.6. The van der Waals surface area contributed by atoms with Crippen LogP contribution in [0.4, 0.5) is 4.39 Å². The number of benzene rings is 1. The van der Waals surface area contributed by atoms with Gasteiger partial charge in [-0.2, -0.15) is 0 Å². The van der Waals surface area contributed by atoms with E-state index < -0.39 is 11.9 Å². The number of rotatable bonds is 5. The molecular formula is C17H20FN3O2S. The Kier molecular flexibility index (Phi) is 4.91. The van der Waals surface area contributed by atoms with Crippen molar-refractivity contribution in [1.29, 1.82) is 0 Å². The molecule has 2 aromatic rings. The standard InChI is InChI=1S/C17H20FN3O2S/c1-10(2)16-15(24-20-19-16)9-21-7-13(14(8-21)17(22)23)11-4-3-5-12(18)6-11/h3-6,10,13-14H,7-9H2,1-2H3,(H,22,23)/t13-,14+/m0/s1. The van der Waals surface area contributed by atoms with Crippen molar-refractivity contribution in [3.8, 4) is 0 Å². The predicted molar refractivity (Wildman–Crippen MR) is 89.5 cm³/mol. The van der Waals surface area contributed by atoms with Gasteiger partial charge in [0.05, 0.1) is 16.5 Å². The van der Waals surface area contributed by atoms with Gasteiger partial charge in [-0.05, 0) is 35.1 Å². The molecule has 3 rings (SSSR count). The summed E-state index contributed by atoms with van der Waals surface area (Å²) in [5.41, 5.74) is 1.72. The molecule has 1 aliphatic rings. The average molecular weight is 349 g/mol. The topological polar surface area (TPSA) is 66.3 Å². The third kappa shape index (κ3) is 3.47. The molecule has 1 aromatic heterocycles. The molecule has 1 aliphatic heterocycles. The minimum absolute atomic E-state index is 0.207. The van der Waals surface area contributed by atoms with Crippen molar-refractivity contribution < 1.29 is 14.3 Å². The number of aromatic nitrogens is 2. The van der Waals surface area contributed by atoms with Crippen LogP contribution in [-0.2, 0) is 11.3 Å². The number of likely N-dealkylation sites (tertiary alicyclic amines) is 1. The lowest BCUT2D eigenvalue weighted by molar-refractivity contribution is -0.141. The van der Waals surface area contributed by atoms with Gasteiger partial charge < -0.3 is 5.11 Å². The van der Waals surface area contributed by atoms with Crippen LogP contribution in [0.2, 0.25) is 0 Å². The van der Waals surface area contributed by atoms with Crippen molar-refractivity contribution in [2.24, 2.45) is 5.92 Å². The quantitative estimate of drug-likeness (QED) is 0.898. The van der Waals surface area contributed by atoms with Gasteiger partial charge in [-0.1, -0.05) is 30.5 Å². The number of hydrogen-bond donors (Lipinski definition) is 1. The number of aliphatic carboxylic acids is 1. The summed E-state index contributed by atoms with van der Waals surface area (Å²) in [6.07, 6.45) is 0. The lowest BCUT2D eigenvalue weighted by Crippen LogP contribution is -2.23. The summed E-state index contributed by atoms with van der Waals surface area (Å²) in [7, 11) is 0. The van der Waals surface area contributed by atoms with E-state index in [1.807, 2.05) is 0 Å². The normalized spacial score (nSPS) is 21.5. The van der Waals surface area contributed by atoms with Gasteiger partial charge in [0.15, 0.2) is 0 Å². The van der Waals surface area contributed by atoms with Gasteiger partial charge in [-0.3, -0.25) is 9.69 Å². The SMILES string of the molecule is CC(C)c1nnsc1CN1C[C@@H](C(=O)O)[C@H](c2cccc(F)c2)C1. The Hall–Kier alpha value is -1.86. The summed E-state index contributed by atoms with van der Waals surface area (Å²) >= 11 is 1.36. The molecule has 5 nitrogen and oxygen atoms in total. The van der Waals surface area contributed by atoms with Crippen molar-refractivity contribution >= 4 is 17.5 Å². The van der Waals surface area contributed by atoms with Crippen LogP contribution in [0, 0.1) is 11.7 Å². The molecular weight excluding hydrogens is 329 g/mol. The summed E-state index contributed by atoms with van der Waals surface area (Å²) in [6, 6.07) is 6.26. The molecule has 0 aliphatic carbocycles. The van der Waals surface area contributed by atoms with E-state index in [-0.39, 0.29) is 17.7 Å². The summed E-state index contributed by atoms with van der Waals surface area (Å²) in [4.78, 5) is 14.8. The van der Waals surface area contributed by atoms with Crippen LogP contribution in [0.3, 0.4) is 0 Å². The smallest absolute Gasteiger partial charge is 0.308 e. The fourth-order valence-corrected chi connectivity index (χ4v) is 4.14. The second-order valence-corrected chi connectivity index (χ2v) is 7.38. The van der Waals surface area contributed by atoms with Crippen molar-refractivity contribution in [2.45, 2.75) is 32.2 Å². The van der Waals surface area contributed by atoms with Gasteiger partial charge in [0.2, 0.25) is 0 Å². The number of carbonyl (C=O) groups is 1. The van der Waals surface area contributed by atoms with Crippen molar-refractivity contribution in [2.75, 3.05) is 13.1 Å². The number of carboxylic acid groups (broad SMARTS) is 1. The van der Waals surface area contributed by atoms with Crippen LogP contribution >= 0.6 is 11.5 Å². The Bertz CT molecular complexity index is 734. The van der Waals surface area contributed by atoms with E-state index in [1.54, 1.807) is 12.1 Å². The molecule has 0 saturated carbocycles. The summed E-state index contributed by atoms with van der Waals surface area (Å²) in [5.74, 6) is -1.62. The molecule has 0 unspecified atom stereocenters. The molecule has 1 saturated heterocycles. The van der Waals surface area contributed by atoms with Gasteiger partial charge in [-0.15, -0.1) is 5.10 Å². The van der Waals surface area contributed by atoms with Crippen molar-refractivity contribution in [1.82, 2.24) is 14.5 Å². The molecule has 7 heteroatoms. The van der Waals surface area contributed by atoms with Gasteiger partial charge in [0, 0.05) is 25.6 Å². The fourth-order valence-electron chi connectivity index (χ4n) is 3.31. The second kappa shape index (κ2) is 6.94. The molecule has 2 atom stereocenters. The highest BCUT2D eigenvalue weighted by Crippen LogP contribution is 2.35. The van der Waals surface area contributed by atoms with Gasteiger partial charge in [0.1, 0.15) is 5.82 Å². The number of carboxylic acids is 1. The first-order chi connectivity index (χ1) is 11.5. The molecule has 2 heterocycles. The van der Waals surface area contributed by atoms with Crippen LogP contribution in [-0.4, -0.2) is 38.7 Å². The average Bonchev–Trinajstić information content (AvgIpc) is 3.14. The lowest BCUT2D eigenvalue weighted by Gasteiger charge is -2.16. The Balaban J connectivity index is 1.80. The maximum atomic E-state index is 13.5. The van der Waals surface area contributed by atoms with E-state index in [2.05, 4.69) is 28.3 Å². The molecule has 1 N–H and O–H groups in total. The summed E-state index contributed by atoms with van der Waals surface area (Å²) in [6.45, 7) is 5.82. The van der Waals surface area contributed by atoms with Gasteiger partial charge in [-0.25, -0.2) is 4.39 Å². The Morgan fingerprint density at radius 1 is 1.46 bits per heavy atom. The molecule has 0 bridgehead atoms. The zero-order chi connectivity index (χ0) is 17.3. The largest absolute Gasteiger partial charge is 0.481 e. The van der Waals surface area contributed by atoms with E-state index in [4.69, 9.17) is 0 Å². The highest BCUT2D eigenvalue weighted by atomic mass is 32.1. The Morgan fingerprint density at radius 2 is 2.25 bits per heavy atom. The van der Waals surface area contributed by atoms with Gasteiger partial charge >= 0.3 is 5.97 Å². The summed E-state index contributed by atoms with van der Waals surface area (Å²) < 4.78 is 17.5. The van der Waals surface area contributed by atoms with E-state index in [1.165, 1.54) is 23.7 Å². The van der Waals surface area contributed by atoms with E-state index >= 15 is 0 Å². The Morgan fingerprint density at radius 3 is 2.92 bits per heavy atom. The zero-order valence-corrected chi connectivity index (χ0v) is 14.5. The highest BCUT2D eigenvalue weighted by Gasteiger charge is 2.39. The first kappa shape index (κ1) is 17.0. The van der Waals surface area contributed by atoms with Gasteiger partial charge in [0.25, 0.3) is 0 Å². The molecule has 0 spiro atoms. The molecule has 1 aromatic carbocycles. The van der Waals surface area contributed by atoms with Crippen LogP contribution in [0.5, 0.6) is 0 Å². The monoisotopic (exact) mass is 349 g/mol. The summed E-state index contributed by atoms with van der Waals surface area (Å²) in [5, 5.41) is 13.7. The third-order valence-corrected chi connectivity index (χ3v) is 5.21. The fraction of sp³-hybridized carbons (Fsp3) is 0.471. The molecule has 0 amide bonds. The lowest BCUT2D eigenvalue weighted by atomic mass is 9.89. The second-order valence-electron chi connectivity index (χ2n) is 6.54. The van der Waals surface area contributed by atoms with E-state index in [9.17, 15) is 14.3 Å². The first-order valence-corrected chi connectivity index (χ1v) is 8.74. The Labute approximate surface area is 144 Å². The maximum absolute atomic E-state index is 13.5. The highest BCUT2D eigenvalue weighted by molar-refractivity contribution is 7.05. The van der Waals surface area contributed by atoms with Crippen LogP contribution in [0.25, 0.3) is 0 Å². The first-order valence-electron chi connectivity index (χ1n) is 7.97. The number of hydrogen-bond acceptors (Lipinski definition) is 5. The number of halogens is 1. The van der Waals surface area contributed by atoms with Crippen LogP contribution in [0.1, 0.15) is 41.8 Å². The molecule has 0 radical (unpaired) electrons. The minimum Gasteiger partial charge on any atom is -0.481 e. The van der Waals surface area contributed by atoms with E-state index in [0.717, 1.165) is 16.1 Å². The molecule has 128 valence electrons. The number of nitrogens with zero attached hydrogens (tertiary/aromatic N) is 3. The maximum Gasteiger partial charge on any atom is 0.308 e. The van der Waals surface area contributed by atoms with Crippen molar-refractivity contribution in [3.63, 3.8) is 0 Å². The molecule has 1 fully saturated rings. The molecule has 24 heavy (non-hydrogen) atoms. The third-order valence-electron chi connectivity index (χ3n) is 4.49. The van der Waals surface area contributed by atoms with Crippen LogP contribution in [0.15, 0.2) is 24.3 Å². The minimum atomic E-state index is -0.835. The van der Waals surface area contributed by atoms with E-state index in [0.29, 0.717) is 19.6 Å². The van der Waals surface area contributed by atoms with Crippen molar-refractivity contribution in [3.05, 3.63) is 46.2 Å². The predicted octanol–water partition coefficient (Wildman–Crippen LogP) is 3.10.